The van der Waals surface area contributed by atoms with Crippen LogP contribution >= 0.6 is 7.67 Å². The van der Waals surface area contributed by atoms with Crippen LogP contribution in [0.3, 0.4) is 0 Å². The Morgan fingerprint density at radius 3 is 2.00 bits per heavy atom. The zero-order valence-corrected chi connectivity index (χ0v) is 13.1. The highest BCUT2D eigenvalue weighted by molar-refractivity contribution is 7.92. The Morgan fingerprint density at radius 1 is 0.955 bits per heavy atom. The van der Waals surface area contributed by atoms with Crippen molar-refractivity contribution >= 4 is 29.1 Å². The van der Waals surface area contributed by atoms with E-state index in [4.69, 9.17) is 21.3 Å². The summed E-state index contributed by atoms with van der Waals surface area (Å²) in [6.45, 7) is 0. The third-order valence-electron chi connectivity index (χ3n) is 2.55. The second-order valence-electron chi connectivity index (χ2n) is 4.44. The summed E-state index contributed by atoms with van der Waals surface area (Å²) < 4.78 is 42.6. The SMILES string of the molecule is Nc1ccc(S(=O)(=O)Nc2ccc(OP(N)(N)=O)cc2)cc1. The molecule has 0 aliphatic heterocycles. The van der Waals surface area contributed by atoms with Crippen LogP contribution in [0.25, 0.3) is 0 Å². The number of nitrogens with two attached hydrogens (primary N) is 3. The summed E-state index contributed by atoms with van der Waals surface area (Å²) in [5, 5.41) is 0. The van der Waals surface area contributed by atoms with Gasteiger partial charge >= 0.3 is 7.67 Å². The maximum atomic E-state index is 12.2. The molecule has 0 bridgehead atoms. The van der Waals surface area contributed by atoms with Crippen LogP contribution in [0.4, 0.5) is 11.4 Å². The second kappa shape index (κ2) is 5.98. The van der Waals surface area contributed by atoms with Gasteiger partial charge in [-0.15, -0.1) is 0 Å². The van der Waals surface area contributed by atoms with Crippen LogP contribution in [0.5, 0.6) is 5.75 Å². The Hall–Kier alpha value is -2.06. The maximum Gasteiger partial charge on any atom is 0.385 e. The zero-order chi connectivity index (χ0) is 16.4. The molecule has 7 N–H and O–H groups in total. The third kappa shape index (κ3) is 4.47. The molecule has 2 rings (SSSR count). The Morgan fingerprint density at radius 2 is 1.50 bits per heavy atom. The minimum Gasteiger partial charge on any atom is -0.422 e. The molecule has 0 saturated heterocycles. The van der Waals surface area contributed by atoms with Gasteiger partial charge in [0, 0.05) is 11.4 Å². The normalized spacial score (nSPS) is 11.9. The quantitative estimate of drug-likeness (QED) is 0.474. The second-order valence-corrected chi connectivity index (χ2v) is 7.59. The van der Waals surface area contributed by atoms with E-state index in [1.807, 2.05) is 0 Å². The van der Waals surface area contributed by atoms with Crippen LogP contribution in [0.1, 0.15) is 0 Å². The van der Waals surface area contributed by atoms with Gasteiger partial charge in [0.05, 0.1) is 4.90 Å². The number of nitrogens with one attached hydrogen (secondary N) is 1. The van der Waals surface area contributed by atoms with E-state index in [0.717, 1.165) is 0 Å². The summed E-state index contributed by atoms with van der Waals surface area (Å²) in [6, 6.07) is 11.4. The molecule has 0 unspecified atom stereocenters. The summed E-state index contributed by atoms with van der Waals surface area (Å²) in [5.41, 5.74) is 16.5. The third-order valence-corrected chi connectivity index (χ3v) is 4.44. The number of rotatable bonds is 5. The predicted molar refractivity (Wildman–Crippen MR) is 84.7 cm³/mol. The van der Waals surface area contributed by atoms with Gasteiger partial charge in [0.15, 0.2) is 0 Å². The number of sulfonamides is 1. The topological polar surface area (TPSA) is 151 Å². The van der Waals surface area contributed by atoms with Gasteiger partial charge in [-0.1, -0.05) is 0 Å². The summed E-state index contributed by atoms with van der Waals surface area (Å²) in [5.74, 6) is 0.170. The monoisotopic (exact) mass is 342 g/mol. The number of hydrogen-bond acceptors (Lipinski definition) is 5. The fourth-order valence-electron chi connectivity index (χ4n) is 1.61. The van der Waals surface area contributed by atoms with Crippen LogP contribution in [-0.2, 0) is 14.6 Å². The molecule has 0 spiro atoms. The first-order valence-electron chi connectivity index (χ1n) is 6.01. The van der Waals surface area contributed by atoms with E-state index >= 15 is 0 Å². The van der Waals surface area contributed by atoms with Gasteiger partial charge in [-0.2, -0.15) is 0 Å². The molecule has 118 valence electrons. The maximum absolute atomic E-state index is 12.2. The molecule has 0 amide bonds. The van der Waals surface area contributed by atoms with Gasteiger partial charge in [-0.25, -0.2) is 24.0 Å². The van der Waals surface area contributed by atoms with Gasteiger partial charge in [0.2, 0.25) is 0 Å². The largest absolute Gasteiger partial charge is 0.422 e. The van der Waals surface area contributed by atoms with Crippen molar-refractivity contribution in [3.05, 3.63) is 48.5 Å². The van der Waals surface area contributed by atoms with Crippen LogP contribution in [-0.4, -0.2) is 8.42 Å². The highest BCUT2D eigenvalue weighted by Gasteiger charge is 2.14. The number of hydrogen-bond donors (Lipinski definition) is 4. The van der Waals surface area contributed by atoms with Gasteiger partial charge in [0.25, 0.3) is 10.0 Å². The van der Waals surface area contributed by atoms with Crippen molar-refractivity contribution in [2.24, 2.45) is 11.0 Å². The summed E-state index contributed by atoms with van der Waals surface area (Å²) in [6.07, 6.45) is 0. The van der Waals surface area contributed by atoms with E-state index in [1.54, 1.807) is 0 Å². The van der Waals surface area contributed by atoms with Gasteiger partial charge in [0.1, 0.15) is 5.75 Å². The lowest BCUT2D eigenvalue weighted by molar-refractivity contribution is 0.484. The van der Waals surface area contributed by atoms with E-state index in [9.17, 15) is 13.0 Å². The number of anilines is 2. The molecule has 10 heteroatoms. The van der Waals surface area contributed by atoms with E-state index in [2.05, 4.69) is 4.72 Å². The molecule has 22 heavy (non-hydrogen) atoms. The first-order valence-corrected chi connectivity index (χ1v) is 9.25. The van der Waals surface area contributed by atoms with Crippen molar-refractivity contribution in [2.75, 3.05) is 10.5 Å². The summed E-state index contributed by atoms with van der Waals surface area (Å²) >= 11 is 0. The molecule has 0 heterocycles. The Bertz CT molecular complexity index is 800. The van der Waals surface area contributed by atoms with E-state index in [-0.39, 0.29) is 10.6 Å². The summed E-state index contributed by atoms with van der Waals surface area (Å²) in [4.78, 5) is 0.0791. The minimum absolute atomic E-state index is 0.0791. The van der Waals surface area contributed by atoms with Crippen LogP contribution in [0, 0.1) is 0 Å². The van der Waals surface area contributed by atoms with Crippen molar-refractivity contribution in [2.45, 2.75) is 4.90 Å². The van der Waals surface area contributed by atoms with E-state index in [0.29, 0.717) is 11.4 Å². The van der Waals surface area contributed by atoms with Crippen LogP contribution in [0.15, 0.2) is 53.4 Å². The van der Waals surface area contributed by atoms with Crippen LogP contribution < -0.4 is 26.0 Å². The Balaban J connectivity index is 2.16. The fourth-order valence-corrected chi connectivity index (χ4v) is 3.12. The number of benzene rings is 2. The highest BCUT2D eigenvalue weighted by atomic mass is 32.2. The van der Waals surface area contributed by atoms with Gasteiger partial charge < -0.3 is 10.3 Å². The van der Waals surface area contributed by atoms with Gasteiger partial charge in [-0.3, -0.25) is 4.72 Å². The van der Waals surface area contributed by atoms with Crippen molar-refractivity contribution in [1.82, 2.24) is 0 Å². The summed E-state index contributed by atoms with van der Waals surface area (Å²) in [7, 11) is -7.38. The first kappa shape index (κ1) is 16.3. The molecule has 0 radical (unpaired) electrons. The molecule has 0 aliphatic rings. The van der Waals surface area contributed by atoms with Gasteiger partial charge in [-0.05, 0) is 48.5 Å². The lowest BCUT2D eigenvalue weighted by atomic mass is 10.3. The molecule has 0 fully saturated rings. The lowest BCUT2D eigenvalue weighted by Crippen LogP contribution is -2.13. The van der Waals surface area contributed by atoms with Crippen molar-refractivity contribution < 1.29 is 17.5 Å². The molecule has 2 aromatic carbocycles. The Kier molecular flexibility index (Phi) is 4.43. The highest BCUT2D eigenvalue weighted by Crippen LogP contribution is 2.31. The molecule has 2 aromatic rings. The average molecular weight is 342 g/mol. The predicted octanol–water partition coefficient (Wildman–Crippen LogP) is 1.47. The first-order chi connectivity index (χ1) is 10.2. The van der Waals surface area contributed by atoms with E-state index < -0.39 is 17.7 Å². The van der Waals surface area contributed by atoms with Crippen molar-refractivity contribution in [3.8, 4) is 5.75 Å². The Labute approximate surface area is 127 Å². The minimum atomic E-state index is -3.73. The average Bonchev–Trinajstić information content (AvgIpc) is 2.39. The lowest BCUT2D eigenvalue weighted by Gasteiger charge is -2.11. The standard InChI is InChI=1S/C12H15N4O4PS/c13-9-1-7-12(8-2-9)22(18,19)16-10-3-5-11(6-4-10)20-21(14,15)17/h1-8,16H,13H2,(H4,14,15,17). The zero-order valence-electron chi connectivity index (χ0n) is 11.3. The fraction of sp³-hybridized carbons (Fsp3) is 0. The van der Waals surface area contributed by atoms with E-state index in [1.165, 1.54) is 48.5 Å². The molecule has 0 saturated carbocycles. The molecule has 8 nitrogen and oxygen atoms in total. The van der Waals surface area contributed by atoms with Crippen molar-refractivity contribution in [1.29, 1.82) is 0 Å². The molecule has 0 aromatic heterocycles. The number of nitrogen functional groups attached to an aromatic ring is 1. The molecule has 0 atom stereocenters. The molecular weight excluding hydrogens is 327 g/mol. The molecule has 0 aliphatic carbocycles. The smallest absolute Gasteiger partial charge is 0.385 e. The van der Waals surface area contributed by atoms with Crippen LogP contribution in [0.2, 0.25) is 0 Å². The van der Waals surface area contributed by atoms with Crippen molar-refractivity contribution in [3.63, 3.8) is 0 Å². The molecular formula is C12H15N4O4PS.